The van der Waals surface area contributed by atoms with Crippen LogP contribution < -0.4 is 24.9 Å². The number of aliphatic hydroxyl groups is 1. The minimum absolute atomic E-state index is 0.0837. The normalized spacial score (nSPS) is 20.4. The Morgan fingerprint density at radius 1 is 1.17 bits per heavy atom. The molecule has 3 atom stereocenters. The van der Waals surface area contributed by atoms with Gasteiger partial charge in [0.25, 0.3) is 11.5 Å². The van der Waals surface area contributed by atoms with E-state index in [0.29, 0.717) is 18.2 Å². The highest BCUT2D eigenvalue weighted by Gasteiger charge is 2.37. The SMILES string of the molecule is Cc1cn([C@H]2C[C@@H](NC(=O)c3cc(OS(=O)(=O)[18F])cc(OS(=O)(=O)[18F])c3)[C@@H](CO)O2)c(=O)[nH]c1=O. The summed E-state index contributed by atoms with van der Waals surface area (Å²) in [5.74, 6) is -2.85. The van der Waals surface area contributed by atoms with Gasteiger partial charge < -0.3 is 23.5 Å². The van der Waals surface area contributed by atoms with Crippen molar-refractivity contribution in [3.8, 4) is 11.5 Å². The second-order valence-corrected chi connectivity index (χ2v) is 9.16. The first kappa shape index (κ1) is 26.3. The topological polar surface area (TPSA) is 200 Å². The highest BCUT2D eigenvalue weighted by Crippen LogP contribution is 2.29. The molecule has 1 aliphatic rings. The summed E-state index contributed by atoms with van der Waals surface area (Å²) in [5.41, 5.74) is -1.77. The minimum Gasteiger partial charge on any atom is -0.394 e. The van der Waals surface area contributed by atoms with E-state index < -0.39 is 80.2 Å². The molecule has 2 heterocycles. The van der Waals surface area contributed by atoms with E-state index in [1.807, 2.05) is 0 Å². The molecule has 1 saturated heterocycles. The summed E-state index contributed by atoms with van der Waals surface area (Å²) in [5, 5.41) is 12.0. The number of amides is 1. The number of carbonyl (C=O) groups excluding carboxylic acids is 1. The molecule has 0 spiro atoms. The smallest absolute Gasteiger partial charge is 0.394 e. The summed E-state index contributed by atoms with van der Waals surface area (Å²) in [6, 6.07) is 0.935. The number of nitrogens with one attached hydrogen (secondary N) is 2. The lowest BCUT2D eigenvalue weighted by molar-refractivity contribution is -0.0288. The molecule has 18 heteroatoms. The maximum Gasteiger partial charge on any atom is 0.488 e. The Morgan fingerprint density at radius 3 is 2.26 bits per heavy atom. The van der Waals surface area contributed by atoms with Crippen LogP contribution in [-0.2, 0) is 25.7 Å². The van der Waals surface area contributed by atoms with Gasteiger partial charge in [0.15, 0.2) is 0 Å². The number of H-pyrrole nitrogens is 1. The number of aliphatic hydroxyl groups excluding tert-OH is 1. The number of hydrogen-bond donors (Lipinski definition) is 3. The molecule has 0 radical (unpaired) electrons. The Morgan fingerprint density at radius 2 is 1.74 bits per heavy atom. The van der Waals surface area contributed by atoms with Crippen LogP contribution in [-0.4, -0.2) is 56.2 Å². The number of carbonyl (C=O) groups is 1. The Bertz CT molecular complexity index is 1420. The average Bonchev–Trinajstić information content (AvgIpc) is 3.10. The molecule has 14 nitrogen and oxygen atoms in total. The molecule has 0 bridgehead atoms. The van der Waals surface area contributed by atoms with Crippen LogP contribution in [0.15, 0.2) is 34.0 Å². The van der Waals surface area contributed by atoms with Gasteiger partial charge in [0, 0.05) is 29.8 Å². The van der Waals surface area contributed by atoms with E-state index in [1.165, 1.54) is 13.1 Å². The molecular weight excluding hydrogens is 522 g/mol. The zero-order valence-electron chi connectivity index (χ0n) is 17.5. The van der Waals surface area contributed by atoms with Crippen LogP contribution >= 0.6 is 0 Å². The van der Waals surface area contributed by atoms with Crippen LogP contribution in [0.25, 0.3) is 0 Å². The first-order valence-corrected chi connectivity index (χ1v) is 12.1. The Labute approximate surface area is 195 Å². The quantitative estimate of drug-likeness (QED) is 0.351. The number of benzene rings is 1. The maximum absolute atomic E-state index is 12.9. The second kappa shape index (κ2) is 9.72. The summed E-state index contributed by atoms with van der Waals surface area (Å²) >= 11 is 0. The number of aromatic nitrogens is 2. The third-order valence-corrected chi connectivity index (χ3v) is 5.51. The number of aromatic amines is 1. The van der Waals surface area contributed by atoms with Gasteiger partial charge in [-0.05, 0) is 19.1 Å². The third kappa shape index (κ3) is 6.84. The summed E-state index contributed by atoms with van der Waals surface area (Å²) in [7, 11) is -11.2. The fourth-order valence-corrected chi connectivity index (χ4v) is 3.96. The lowest BCUT2D eigenvalue weighted by Crippen LogP contribution is -2.42. The molecule has 1 aromatic carbocycles. The Hall–Kier alpha value is -3.35. The van der Waals surface area contributed by atoms with Crippen LogP contribution in [0, 0.1) is 6.92 Å². The lowest BCUT2D eigenvalue weighted by atomic mass is 10.1. The molecule has 192 valence electrons. The third-order valence-electron chi connectivity index (χ3n) is 4.72. The van der Waals surface area contributed by atoms with Crippen LogP contribution in [0.4, 0.5) is 7.77 Å². The van der Waals surface area contributed by atoms with E-state index in [1.54, 1.807) is 0 Å². The number of nitrogens with zero attached hydrogens (tertiary/aromatic N) is 1. The molecule has 2 aromatic rings. The van der Waals surface area contributed by atoms with Gasteiger partial charge in [-0.2, -0.15) is 16.8 Å². The van der Waals surface area contributed by atoms with Gasteiger partial charge in [0.05, 0.1) is 12.6 Å². The van der Waals surface area contributed by atoms with Crippen molar-refractivity contribution >= 4 is 26.9 Å². The van der Waals surface area contributed by atoms with Crippen LogP contribution in [0.3, 0.4) is 0 Å². The predicted octanol–water partition coefficient (Wildman–Crippen LogP) is -0.890. The fourth-order valence-electron chi connectivity index (χ4n) is 3.30. The molecule has 0 aliphatic carbocycles. The lowest BCUT2D eigenvalue weighted by Gasteiger charge is -2.17. The standard InChI is InChI=1S/C17H17F2N3O11S2/c1-8-6-22(17(26)21-15(8)24)14-5-12(13(7-23)31-14)20-16(25)9-2-10(32-34(18,27)28)4-11(3-9)33-35(19,29)30/h2-4,6,12-14,23H,5,7H2,1H3,(H,20,25)(H,21,24,26)/t12-,13-,14-/m1/s1/i18-1,19-1. The van der Waals surface area contributed by atoms with Crippen LogP contribution in [0.2, 0.25) is 0 Å². The number of ether oxygens (including phenoxy) is 1. The van der Waals surface area contributed by atoms with Crippen molar-refractivity contribution in [1.29, 1.82) is 0 Å². The predicted molar refractivity (Wildman–Crippen MR) is 111 cm³/mol. The highest BCUT2D eigenvalue weighted by molar-refractivity contribution is 7.82. The summed E-state index contributed by atoms with van der Waals surface area (Å²) in [6.45, 7) is 0.826. The van der Waals surface area contributed by atoms with Crippen molar-refractivity contribution in [2.45, 2.75) is 31.7 Å². The molecule has 0 unspecified atom stereocenters. The molecule has 0 saturated carbocycles. The highest BCUT2D eigenvalue weighted by atomic mass is 32.3. The van der Waals surface area contributed by atoms with E-state index >= 15 is 0 Å². The van der Waals surface area contributed by atoms with Gasteiger partial charge >= 0.3 is 26.7 Å². The number of aryl methyl sites for hydroxylation is 1. The van der Waals surface area contributed by atoms with Crippen molar-refractivity contribution in [3.63, 3.8) is 0 Å². The zero-order chi connectivity index (χ0) is 26.1. The van der Waals surface area contributed by atoms with Crippen LogP contribution in [0.5, 0.6) is 11.5 Å². The summed E-state index contributed by atoms with van der Waals surface area (Å²) in [4.78, 5) is 38.5. The van der Waals surface area contributed by atoms with E-state index in [9.17, 15) is 44.1 Å². The van der Waals surface area contributed by atoms with Gasteiger partial charge in [-0.1, -0.05) is 7.77 Å². The van der Waals surface area contributed by atoms with Crippen LogP contribution in [0.1, 0.15) is 28.6 Å². The molecule has 3 rings (SSSR count). The second-order valence-electron chi connectivity index (χ2n) is 7.25. The van der Waals surface area contributed by atoms with Crippen molar-refractivity contribution in [1.82, 2.24) is 14.9 Å². The van der Waals surface area contributed by atoms with Gasteiger partial charge in [-0.15, -0.1) is 0 Å². The Balaban J connectivity index is 1.88. The van der Waals surface area contributed by atoms with Gasteiger partial charge in [0.1, 0.15) is 23.8 Å². The van der Waals surface area contributed by atoms with Crippen molar-refractivity contribution < 1.29 is 47.6 Å². The molecular formula is C17H17F2N3O11S2. The van der Waals surface area contributed by atoms with E-state index in [4.69, 9.17) is 4.74 Å². The largest absolute Gasteiger partial charge is 0.488 e. The number of halogens is 2. The first-order valence-electron chi connectivity index (χ1n) is 9.47. The van der Waals surface area contributed by atoms with Crippen molar-refractivity contribution in [3.05, 3.63) is 56.4 Å². The van der Waals surface area contributed by atoms with Crippen molar-refractivity contribution in [2.24, 2.45) is 0 Å². The number of hydrogen-bond acceptors (Lipinski definition) is 11. The summed E-state index contributed by atoms with van der Waals surface area (Å²) < 4.78 is 83.4. The zero-order valence-corrected chi connectivity index (χ0v) is 19.1. The van der Waals surface area contributed by atoms with Gasteiger partial charge in [0.2, 0.25) is 0 Å². The monoisotopic (exact) mass is 539 g/mol. The van der Waals surface area contributed by atoms with Gasteiger partial charge in [-0.25, -0.2) is 4.79 Å². The Kier molecular flexibility index (Phi) is 7.29. The van der Waals surface area contributed by atoms with E-state index in [-0.39, 0.29) is 12.0 Å². The summed E-state index contributed by atoms with van der Waals surface area (Å²) in [6.07, 6.45) is -0.915. The molecule has 1 amide bonds. The van der Waals surface area contributed by atoms with Gasteiger partial charge in [-0.3, -0.25) is 19.1 Å². The molecule has 35 heavy (non-hydrogen) atoms. The molecule has 3 N–H and O–H groups in total. The average molecular weight is 539 g/mol. The van der Waals surface area contributed by atoms with E-state index in [2.05, 4.69) is 18.7 Å². The molecule has 1 aromatic heterocycles. The van der Waals surface area contributed by atoms with E-state index in [0.717, 1.165) is 4.57 Å². The maximum atomic E-state index is 12.9. The number of rotatable bonds is 8. The fraction of sp³-hybridized carbons (Fsp3) is 0.353. The molecule has 1 fully saturated rings. The first-order chi connectivity index (χ1) is 16.1. The molecule has 1 aliphatic heterocycles. The minimum atomic E-state index is -5.60. The van der Waals surface area contributed by atoms with Crippen molar-refractivity contribution in [2.75, 3.05) is 6.61 Å².